The van der Waals surface area contributed by atoms with E-state index in [2.05, 4.69) is 11.1 Å². The van der Waals surface area contributed by atoms with Crippen LogP contribution in [0.3, 0.4) is 0 Å². The maximum Gasteiger partial charge on any atom is 0.193 e. The first kappa shape index (κ1) is 11.6. The molecule has 0 unspecified atom stereocenters. The quantitative estimate of drug-likeness (QED) is 0.647. The van der Waals surface area contributed by atoms with E-state index < -0.39 is 0 Å². The van der Waals surface area contributed by atoms with Crippen molar-refractivity contribution in [2.45, 2.75) is 6.92 Å². The van der Waals surface area contributed by atoms with Gasteiger partial charge < -0.3 is 0 Å². The minimum Gasteiger partial charge on any atom is -0.289 e. The van der Waals surface area contributed by atoms with Gasteiger partial charge in [0, 0.05) is 22.2 Å². The summed E-state index contributed by atoms with van der Waals surface area (Å²) in [5.74, 6) is 0.0238. The fourth-order valence-electron chi connectivity index (χ4n) is 2.19. The van der Waals surface area contributed by atoms with E-state index >= 15 is 0 Å². The van der Waals surface area contributed by atoms with Gasteiger partial charge in [0.05, 0.1) is 5.52 Å². The lowest BCUT2D eigenvalue weighted by Gasteiger charge is -2.07. The zero-order valence-electron chi connectivity index (χ0n) is 10.6. The molecule has 0 fully saturated rings. The number of benzene rings is 2. The molecule has 0 aliphatic rings. The Bertz CT molecular complexity index is 748. The number of aromatic nitrogens is 1. The molecule has 0 spiro atoms. The Hall–Kier alpha value is -2.48. The molecule has 0 atom stereocenters. The van der Waals surface area contributed by atoms with Crippen molar-refractivity contribution in [1.82, 2.24) is 4.98 Å². The number of aryl methyl sites for hydroxylation is 1. The monoisotopic (exact) mass is 246 g/mol. The van der Waals surface area contributed by atoms with Crippen molar-refractivity contribution in [2.24, 2.45) is 0 Å². The van der Waals surface area contributed by atoms with Crippen LogP contribution in [-0.4, -0.2) is 10.8 Å². The van der Waals surface area contributed by atoms with Gasteiger partial charge in [-0.3, -0.25) is 9.78 Å². The van der Waals surface area contributed by atoms with E-state index in [1.54, 1.807) is 24.3 Å². The smallest absolute Gasteiger partial charge is 0.193 e. The Balaban J connectivity index is 2.23. The third-order valence-electron chi connectivity index (χ3n) is 3.07. The van der Waals surface area contributed by atoms with E-state index in [-0.39, 0.29) is 5.78 Å². The van der Waals surface area contributed by atoms with Gasteiger partial charge in [0.1, 0.15) is 0 Å². The minimum atomic E-state index is 0.0238. The second-order valence-electron chi connectivity index (χ2n) is 4.45. The Kier molecular flexibility index (Phi) is 2.84. The van der Waals surface area contributed by atoms with Crippen molar-refractivity contribution in [3.8, 4) is 0 Å². The topological polar surface area (TPSA) is 30.0 Å². The molecule has 2 heteroatoms. The molecule has 0 saturated carbocycles. The van der Waals surface area contributed by atoms with E-state index in [1.807, 2.05) is 37.3 Å². The number of para-hydroxylation sites is 1. The molecule has 1 heterocycles. The van der Waals surface area contributed by atoms with E-state index in [9.17, 15) is 4.79 Å². The van der Waals surface area contributed by atoms with Crippen LogP contribution < -0.4 is 0 Å². The summed E-state index contributed by atoms with van der Waals surface area (Å²) in [6.45, 7) is 1.90. The standard InChI is InChI=1S/C17H12NO/c1-12-11-15(14-9-5-6-10-16(14)18-12)17(19)13-7-3-2-4-8-13/h3-11H,1H3. The van der Waals surface area contributed by atoms with E-state index in [0.717, 1.165) is 16.6 Å². The number of pyridine rings is 1. The predicted molar refractivity (Wildman–Crippen MR) is 75.2 cm³/mol. The van der Waals surface area contributed by atoms with Crippen molar-refractivity contribution < 1.29 is 4.79 Å². The van der Waals surface area contributed by atoms with Crippen molar-refractivity contribution in [2.75, 3.05) is 0 Å². The van der Waals surface area contributed by atoms with Crippen molar-refractivity contribution >= 4 is 16.7 Å². The summed E-state index contributed by atoms with van der Waals surface area (Å²) in [5.41, 5.74) is 3.08. The summed E-state index contributed by atoms with van der Waals surface area (Å²) in [6, 6.07) is 19.6. The van der Waals surface area contributed by atoms with Gasteiger partial charge in [-0.05, 0) is 25.1 Å². The molecule has 2 nitrogen and oxygen atoms in total. The lowest BCUT2D eigenvalue weighted by atomic mass is 9.99. The summed E-state index contributed by atoms with van der Waals surface area (Å²) in [5, 5.41) is 0.894. The van der Waals surface area contributed by atoms with Gasteiger partial charge in [0.2, 0.25) is 0 Å². The predicted octanol–water partition coefficient (Wildman–Crippen LogP) is 3.57. The van der Waals surface area contributed by atoms with Crippen LogP contribution in [0.15, 0.2) is 54.6 Å². The number of ketones is 1. The molecule has 0 saturated heterocycles. The van der Waals surface area contributed by atoms with E-state index in [0.29, 0.717) is 11.1 Å². The molecule has 0 amide bonds. The first-order valence-corrected chi connectivity index (χ1v) is 6.13. The Morgan fingerprint density at radius 2 is 1.84 bits per heavy atom. The minimum absolute atomic E-state index is 0.0238. The second-order valence-corrected chi connectivity index (χ2v) is 4.45. The number of carbonyl (C=O) groups is 1. The Labute approximate surface area is 111 Å². The van der Waals surface area contributed by atoms with Gasteiger partial charge in [-0.25, -0.2) is 0 Å². The van der Waals surface area contributed by atoms with Gasteiger partial charge in [0.25, 0.3) is 0 Å². The first-order chi connectivity index (χ1) is 9.25. The molecule has 1 radical (unpaired) electrons. The number of hydrogen-bond donors (Lipinski definition) is 0. The summed E-state index contributed by atoms with van der Waals surface area (Å²) in [7, 11) is 0. The number of hydrogen-bond acceptors (Lipinski definition) is 2. The Morgan fingerprint density at radius 3 is 2.63 bits per heavy atom. The molecule has 0 bridgehead atoms. The number of carbonyl (C=O) groups excluding carboxylic acids is 1. The number of fused-ring (bicyclic) bond motifs is 1. The fraction of sp³-hybridized carbons (Fsp3) is 0.0588. The average molecular weight is 246 g/mol. The van der Waals surface area contributed by atoms with Crippen LogP contribution in [0.2, 0.25) is 0 Å². The van der Waals surface area contributed by atoms with Crippen LogP contribution in [0.1, 0.15) is 21.6 Å². The van der Waals surface area contributed by atoms with Crippen LogP contribution >= 0.6 is 0 Å². The molecule has 91 valence electrons. The van der Waals surface area contributed by atoms with Crippen molar-refractivity contribution in [1.29, 1.82) is 0 Å². The molecular formula is C17H12NO. The van der Waals surface area contributed by atoms with E-state index in [1.165, 1.54) is 0 Å². The Morgan fingerprint density at radius 1 is 1.11 bits per heavy atom. The van der Waals surface area contributed by atoms with Crippen LogP contribution in [0, 0.1) is 13.0 Å². The van der Waals surface area contributed by atoms with Gasteiger partial charge in [-0.2, -0.15) is 0 Å². The molecule has 0 aliphatic carbocycles. The van der Waals surface area contributed by atoms with E-state index in [4.69, 9.17) is 0 Å². The molecular weight excluding hydrogens is 234 g/mol. The molecule has 1 aromatic heterocycles. The maximum absolute atomic E-state index is 12.6. The van der Waals surface area contributed by atoms with Crippen LogP contribution in [-0.2, 0) is 0 Å². The summed E-state index contributed by atoms with van der Waals surface area (Å²) in [4.78, 5) is 17.0. The molecule has 3 aromatic rings. The lowest BCUT2D eigenvalue weighted by Crippen LogP contribution is -2.03. The fourth-order valence-corrected chi connectivity index (χ4v) is 2.19. The third-order valence-corrected chi connectivity index (χ3v) is 3.07. The molecule has 0 N–H and O–H groups in total. The lowest BCUT2D eigenvalue weighted by molar-refractivity contribution is 0.104. The van der Waals surface area contributed by atoms with Crippen LogP contribution in [0.5, 0.6) is 0 Å². The highest BCUT2D eigenvalue weighted by Gasteiger charge is 2.13. The van der Waals surface area contributed by atoms with Gasteiger partial charge in [-0.1, -0.05) is 42.5 Å². The highest BCUT2D eigenvalue weighted by Crippen LogP contribution is 2.21. The summed E-state index contributed by atoms with van der Waals surface area (Å²) in [6.07, 6.45) is 0. The largest absolute Gasteiger partial charge is 0.289 e. The van der Waals surface area contributed by atoms with Gasteiger partial charge in [-0.15, -0.1) is 0 Å². The summed E-state index contributed by atoms with van der Waals surface area (Å²) >= 11 is 0. The molecule has 2 aromatic carbocycles. The first-order valence-electron chi connectivity index (χ1n) is 6.13. The van der Waals surface area contributed by atoms with Crippen molar-refractivity contribution in [3.63, 3.8) is 0 Å². The van der Waals surface area contributed by atoms with Crippen LogP contribution in [0.4, 0.5) is 0 Å². The van der Waals surface area contributed by atoms with Crippen molar-refractivity contribution in [3.05, 3.63) is 77.5 Å². The zero-order valence-corrected chi connectivity index (χ0v) is 10.6. The second kappa shape index (κ2) is 4.65. The average Bonchev–Trinajstić information content (AvgIpc) is 2.46. The highest BCUT2D eigenvalue weighted by molar-refractivity contribution is 6.15. The third kappa shape index (κ3) is 2.13. The molecule has 0 aliphatic heterocycles. The van der Waals surface area contributed by atoms with Gasteiger partial charge >= 0.3 is 0 Å². The summed E-state index contributed by atoms with van der Waals surface area (Å²) < 4.78 is 0. The zero-order chi connectivity index (χ0) is 13.2. The van der Waals surface area contributed by atoms with Crippen LogP contribution in [0.25, 0.3) is 10.9 Å². The van der Waals surface area contributed by atoms with Gasteiger partial charge in [0.15, 0.2) is 5.78 Å². The highest BCUT2D eigenvalue weighted by atomic mass is 16.1. The normalized spacial score (nSPS) is 10.6. The maximum atomic E-state index is 12.6. The molecule has 19 heavy (non-hydrogen) atoms. The molecule has 3 rings (SSSR count). The SMILES string of the molecule is Cc1cc(C(=O)c2cc[c]cc2)c2ccccc2n1. The number of nitrogens with zero attached hydrogens (tertiary/aromatic N) is 1. The number of rotatable bonds is 2.